The molecule has 2 aromatic rings. The summed E-state index contributed by atoms with van der Waals surface area (Å²) in [6, 6.07) is 10.2. The predicted octanol–water partition coefficient (Wildman–Crippen LogP) is 2.95. The molecule has 0 saturated carbocycles. The number of aryl methyl sites for hydroxylation is 2. The summed E-state index contributed by atoms with van der Waals surface area (Å²) >= 11 is 1.79. The van der Waals surface area contributed by atoms with Crippen molar-refractivity contribution in [2.24, 2.45) is 0 Å². The Morgan fingerprint density at radius 1 is 1.32 bits per heavy atom. The van der Waals surface area contributed by atoms with Crippen molar-refractivity contribution < 1.29 is 9.32 Å². The molecule has 0 saturated heterocycles. The number of carbonyl (C=O) groups excluding carboxylic acids is 1. The maximum absolute atomic E-state index is 11.9. The van der Waals surface area contributed by atoms with Crippen LogP contribution in [0.5, 0.6) is 0 Å². The Hall–Kier alpha value is -1.79. The summed E-state index contributed by atoms with van der Waals surface area (Å²) in [7, 11) is 1.93. The van der Waals surface area contributed by atoms with Gasteiger partial charge in [-0.25, -0.2) is 0 Å². The lowest BCUT2D eigenvalue weighted by molar-refractivity contribution is -0.117. The van der Waals surface area contributed by atoms with Gasteiger partial charge in [-0.2, -0.15) is 0 Å². The van der Waals surface area contributed by atoms with Gasteiger partial charge in [0.2, 0.25) is 5.91 Å². The number of aromatic nitrogens is 1. The van der Waals surface area contributed by atoms with E-state index in [9.17, 15) is 4.79 Å². The number of nitrogens with one attached hydrogen (secondary N) is 1. The molecule has 1 amide bonds. The second-order valence-corrected chi connectivity index (χ2v) is 6.44. The fourth-order valence-corrected chi connectivity index (χ4v) is 2.85. The molecule has 0 unspecified atom stereocenters. The van der Waals surface area contributed by atoms with Gasteiger partial charge in [-0.3, -0.25) is 9.69 Å². The van der Waals surface area contributed by atoms with E-state index in [0.717, 1.165) is 12.3 Å². The molecule has 22 heavy (non-hydrogen) atoms. The second kappa shape index (κ2) is 8.00. The molecular formula is C16H21N3O2S. The van der Waals surface area contributed by atoms with Crippen LogP contribution < -0.4 is 5.32 Å². The van der Waals surface area contributed by atoms with Gasteiger partial charge in [0.15, 0.2) is 5.82 Å². The summed E-state index contributed by atoms with van der Waals surface area (Å²) in [6.07, 6.45) is 0. The first-order valence-corrected chi connectivity index (χ1v) is 8.12. The fraction of sp³-hybridized carbons (Fsp3) is 0.375. The molecule has 6 heteroatoms. The Morgan fingerprint density at radius 2 is 2.05 bits per heavy atom. The highest BCUT2D eigenvalue weighted by Crippen LogP contribution is 2.18. The van der Waals surface area contributed by atoms with Gasteiger partial charge in [0.25, 0.3) is 0 Å². The van der Waals surface area contributed by atoms with E-state index >= 15 is 0 Å². The summed E-state index contributed by atoms with van der Waals surface area (Å²) in [5, 5.41) is 6.46. The van der Waals surface area contributed by atoms with E-state index in [0.29, 0.717) is 18.1 Å². The van der Waals surface area contributed by atoms with Crippen molar-refractivity contribution in [1.29, 1.82) is 0 Å². The van der Waals surface area contributed by atoms with E-state index in [1.807, 2.05) is 11.9 Å². The topological polar surface area (TPSA) is 58.4 Å². The Labute approximate surface area is 135 Å². The Morgan fingerprint density at radius 3 is 2.68 bits per heavy atom. The van der Waals surface area contributed by atoms with Crippen LogP contribution in [0.2, 0.25) is 0 Å². The number of hydrogen-bond acceptors (Lipinski definition) is 5. The van der Waals surface area contributed by atoms with E-state index in [4.69, 9.17) is 4.52 Å². The Balaban J connectivity index is 1.67. The molecule has 0 aliphatic carbocycles. The zero-order valence-electron chi connectivity index (χ0n) is 13.1. The van der Waals surface area contributed by atoms with Gasteiger partial charge in [0.1, 0.15) is 5.76 Å². The van der Waals surface area contributed by atoms with Gasteiger partial charge in [-0.15, -0.1) is 11.8 Å². The molecule has 0 bridgehead atoms. The quantitative estimate of drug-likeness (QED) is 0.795. The smallest absolute Gasteiger partial charge is 0.239 e. The number of anilines is 1. The fourth-order valence-electron chi connectivity index (χ4n) is 1.89. The first kappa shape index (κ1) is 16.6. The van der Waals surface area contributed by atoms with Gasteiger partial charge in [0, 0.05) is 23.3 Å². The van der Waals surface area contributed by atoms with Crippen LogP contribution in [-0.4, -0.2) is 41.9 Å². The molecule has 1 N–H and O–H groups in total. The van der Waals surface area contributed by atoms with Crippen LogP contribution in [0.4, 0.5) is 5.82 Å². The van der Waals surface area contributed by atoms with E-state index in [-0.39, 0.29) is 5.91 Å². The van der Waals surface area contributed by atoms with E-state index in [1.165, 1.54) is 10.5 Å². The van der Waals surface area contributed by atoms with Crippen LogP contribution in [0.1, 0.15) is 11.3 Å². The number of benzene rings is 1. The zero-order valence-corrected chi connectivity index (χ0v) is 13.9. The van der Waals surface area contributed by atoms with E-state index in [1.54, 1.807) is 24.8 Å². The molecule has 0 radical (unpaired) electrons. The third-order valence-corrected chi connectivity index (χ3v) is 4.06. The number of hydrogen-bond donors (Lipinski definition) is 1. The van der Waals surface area contributed by atoms with Crippen LogP contribution in [0.3, 0.4) is 0 Å². The largest absolute Gasteiger partial charge is 0.360 e. The summed E-state index contributed by atoms with van der Waals surface area (Å²) in [5.74, 6) is 2.00. The average Bonchev–Trinajstić information content (AvgIpc) is 2.86. The first-order valence-electron chi connectivity index (χ1n) is 7.14. The lowest BCUT2D eigenvalue weighted by Gasteiger charge is -2.15. The van der Waals surface area contributed by atoms with Crippen molar-refractivity contribution >= 4 is 23.5 Å². The Bertz CT molecular complexity index is 610. The number of amides is 1. The lowest BCUT2D eigenvalue weighted by atomic mass is 10.2. The molecule has 1 aromatic heterocycles. The highest BCUT2D eigenvalue weighted by atomic mass is 32.2. The first-order chi connectivity index (χ1) is 10.5. The SMILES string of the molecule is Cc1ccc(SCCN(C)CC(=O)Nc2cc(C)on2)cc1. The van der Waals surface area contributed by atoms with Crippen molar-refractivity contribution in [3.63, 3.8) is 0 Å². The minimum absolute atomic E-state index is 0.0869. The number of rotatable bonds is 7. The maximum Gasteiger partial charge on any atom is 0.239 e. The van der Waals surface area contributed by atoms with Crippen LogP contribution >= 0.6 is 11.8 Å². The normalized spacial score (nSPS) is 10.9. The monoisotopic (exact) mass is 319 g/mol. The van der Waals surface area contributed by atoms with Crippen LogP contribution in [0, 0.1) is 13.8 Å². The van der Waals surface area contributed by atoms with Gasteiger partial charge in [-0.1, -0.05) is 22.9 Å². The van der Waals surface area contributed by atoms with E-state index < -0.39 is 0 Å². The van der Waals surface area contributed by atoms with Gasteiger partial charge < -0.3 is 9.84 Å². The summed E-state index contributed by atoms with van der Waals surface area (Å²) in [6.45, 7) is 5.04. The minimum Gasteiger partial charge on any atom is -0.360 e. The summed E-state index contributed by atoms with van der Waals surface area (Å²) < 4.78 is 4.91. The summed E-state index contributed by atoms with van der Waals surface area (Å²) in [5.41, 5.74) is 1.27. The third-order valence-electron chi connectivity index (χ3n) is 3.07. The molecule has 1 aromatic carbocycles. The molecule has 118 valence electrons. The standard InChI is InChI=1S/C16H21N3O2S/c1-12-4-6-14(7-5-12)22-9-8-19(3)11-16(20)17-15-10-13(2)21-18-15/h4-7,10H,8-9,11H2,1-3H3,(H,17,18,20). The van der Waals surface area contributed by atoms with Gasteiger partial charge >= 0.3 is 0 Å². The summed E-state index contributed by atoms with van der Waals surface area (Å²) in [4.78, 5) is 15.1. The van der Waals surface area contributed by atoms with Crippen molar-refractivity contribution in [3.8, 4) is 0 Å². The molecule has 2 rings (SSSR count). The van der Waals surface area contributed by atoms with Crippen molar-refractivity contribution in [1.82, 2.24) is 10.1 Å². The maximum atomic E-state index is 11.9. The van der Waals surface area contributed by atoms with Gasteiger partial charge in [-0.05, 0) is 33.0 Å². The molecule has 1 heterocycles. The van der Waals surface area contributed by atoms with E-state index in [2.05, 4.69) is 41.7 Å². The zero-order chi connectivity index (χ0) is 15.9. The van der Waals surface area contributed by atoms with Crippen LogP contribution in [0.25, 0.3) is 0 Å². The molecule has 5 nitrogen and oxygen atoms in total. The van der Waals surface area contributed by atoms with Gasteiger partial charge in [0.05, 0.1) is 6.54 Å². The number of likely N-dealkylation sites (N-methyl/N-ethyl adjacent to an activating group) is 1. The molecule has 0 spiro atoms. The lowest BCUT2D eigenvalue weighted by Crippen LogP contribution is -2.31. The molecule has 0 atom stereocenters. The highest BCUT2D eigenvalue weighted by Gasteiger charge is 2.09. The number of carbonyl (C=O) groups is 1. The number of nitrogens with zero attached hydrogens (tertiary/aromatic N) is 2. The Kier molecular flexibility index (Phi) is 6.03. The van der Waals surface area contributed by atoms with Crippen LogP contribution in [0.15, 0.2) is 39.8 Å². The highest BCUT2D eigenvalue weighted by molar-refractivity contribution is 7.99. The second-order valence-electron chi connectivity index (χ2n) is 5.27. The molecule has 0 fully saturated rings. The molecule has 0 aliphatic rings. The molecular weight excluding hydrogens is 298 g/mol. The third kappa shape index (κ3) is 5.54. The van der Waals surface area contributed by atoms with Crippen molar-refractivity contribution in [3.05, 3.63) is 41.7 Å². The predicted molar refractivity (Wildman–Crippen MR) is 89.3 cm³/mol. The number of thioether (sulfide) groups is 1. The average molecular weight is 319 g/mol. The minimum atomic E-state index is -0.0869. The van der Waals surface area contributed by atoms with Crippen molar-refractivity contribution in [2.45, 2.75) is 18.7 Å². The van der Waals surface area contributed by atoms with Crippen molar-refractivity contribution in [2.75, 3.05) is 31.2 Å². The van der Waals surface area contributed by atoms with Crippen LogP contribution in [-0.2, 0) is 4.79 Å². The molecule has 0 aliphatic heterocycles.